The van der Waals surface area contributed by atoms with Crippen molar-refractivity contribution >= 4 is 23.4 Å². The molecule has 8 heteroatoms. The van der Waals surface area contributed by atoms with E-state index < -0.39 is 23.2 Å². The third kappa shape index (κ3) is 4.57. The summed E-state index contributed by atoms with van der Waals surface area (Å²) in [5, 5.41) is 0. The normalized spacial score (nSPS) is 29.2. The van der Waals surface area contributed by atoms with Crippen LogP contribution < -0.4 is 14.4 Å². The first kappa shape index (κ1) is 25.8. The van der Waals surface area contributed by atoms with E-state index in [0.717, 1.165) is 29.7 Å². The van der Waals surface area contributed by atoms with Crippen LogP contribution in [0.15, 0.2) is 42.5 Å². The fraction of sp³-hybridized carbons (Fsp3) is 0.516. The van der Waals surface area contributed by atoms with Crippen LogP contribution in [0, 0.1) is 29.0 Å². The van der Waals surface area contributed by atoms with Gasteiger partial charge in [-0.15, -0.1) is 0 Å². The van der Waals surface area contributed by atoms with E-state index in [1.807, 2.05) is 18.2 Å². The van der Waals surface area contributed by atoms with Gasteiger partial charge >= 0.3 is 0 Å². The number of halogens is 1. The second-order valence-electron chi connectivity index (χ2n) is 11.9. The van der Waals surface area contributed by atoms with Crippen LogP contribution in [0.1, 0.15) is 50.5 Å². The van der Waals surface area contributed by atoms with Gasteiger partial charge in [0, 0.05) is 6.54 Å². The average Bonchev–Trinajstić information content (AvgIpc) is 3.21. The molecule has 1 unspecified atom stereocenters. The van der Waals surface area contributed by atoms with Gasteiger partial charge in [-0.2, -0.15) is 0 Å². The van der Waals surface area contributed by atoms with Crippen molar-refractivity contribution in [2.24, 2.45) is 23.2 Å². The first-order chi connectivity index (χ1) is 18.8. The highest BCUT2D eigenvalue weighted by atomic mass is 19.1. The molecule has 1 atom stereocenters. The second kappa shape index (κ2) is 9.96. The number of hydrogen-bond donors (Lipinski definition) is 0. The Bertz CT molecular complexity index is 1260. The number of anilines is 1. The number of carbonyl (C=O) groups is 3. The van der Waals surface area contributed by atoms with Gasteiger partial charge in [-0.05, 0) is 105 Å². The molecule has 39 heavy (non-hydrogen) atoms. The van der Waals surface area contributed by atoms with E-state index in [1.54, 1.807) is 19.1 Å². The summed E-state index contributed by atoms with van der Waals surface area (Å²) in [7, 11) is 3.16. The van der Waals surface area contributed by atoms with Gasteiger partial charge in [0.05, 0.1) is 31.7 Å². The first-order valence-electron chi connectivity index (χ1n) is 13.9. The number of nitrogens with zero attached hydrogens (tertiary/aromatic N) is 2. The van der Waals surface area contributed by atoms with Crippen molar-refractivity contribution in [1.29, 1.82) is 0 Å². The van der Waals surface area contributed by atoms with Crippen LogP contribution in [0.2, 0.25) is 0 Å². The van der Waals surface area contributed by atoms with E-state index in [2.05, 4.69) is 0 Å². The van der Waals surface area contributed by atoms with Crippen LogP contribution in [0.25, 0.3) is 0 Å². The van der Waals surface area contributed by atoms with E-state index in [1.165, 1.54) is 43.5 Å². The van der Waals surface area contributed by atoms with Crippen molar-refractivity contribution in [1.82, 2.24) is 4.90 Å². The van der Waals surface area contributed by atoms with Gasteiger partial charge in [-0.1, -0.05) is 6.07 Å². The second-order valence-corrected chi connectivity index (χ2v) is 11.9. The number of methoxy groups -OCH3 is 2. The number of rotatable bonds is 8. The molecule has 3 amide bonds. The Labute approximate surface area is 228 Å². The van der Waals surface area contributed by atoms with Gasteiger partial charge in [-0.25, -0.2) is 9.29 Å². The lowest BCUT2D eigenvalue weighted by Crippen LogP contribution is -2.58. The topological polar surface area (TPSA) is 76.2 Å². The van der Waals surface area contributed by atoms with Gasteiger partial charge in [0.15, 0.2) is 11.5 Å². The fourth-order valence-electron chi connectivity index (χ4n) is 8.08. The van der Waals surface area contributed by atoms with Gasteiger partial charge in [0.1, 0.15) is 11.9 Å². The maximum atomic E-state index is 14.5. The summed E-state index contributed by atoms with van der Waals surface area (Å²) in [4.78, 5) is 44.2. The summed E-state index contributed by atoms with van der Waals surface area (Å²) in [6.07, 6.45) is 6.68. The number of hydrogen-bond acceptors (Lipinski definition) is 5. The molecule has 206 valence electrons. The first-order valence-corrected chi connectivity index (χ1v) is 13.9. The predicted octanol–water partition coefficient (Wildman–Crippen LogP) is 4.76. The maximum Gasteiger partial charge on any atom is 0.257 e. The zero-order chi connectivity index (χ0) is 27.3. The minimum Gasteiger partial charge on any atom is -0.493 e. The molecule has 5 fully saturated rings. The summed E-state index contributed by atoms with van der Waals surface area (Å²) in [6, 6.07) is 10.1. The van der Waals surface area contributed by atoms with E-state index in [4.69, 9.17) is 9.47 Å². The largest absolute Gasteiger partial charge is 0.493 e. The molecule has 1 saturated heterocycles. The molecule has 4 saturated carbocycles. The molecule has 0 aromatic heterocycles. The van der Waals surface area contributed by atoms with E-state index in [-0.39, 0.29) is 18.2 Å². The highest BCUT2D eigenvalue weighted by Gasteiger charge is 2.57. The zero-order valence-corrected chi connectivity index (χ0v) is 22.5. The molecular formula is C31H35FN2O5. The third-order valence-electron chi connectivity index (χ3n) is 9.43. The minimum atomic E-state index is -0.872. The van der Waals surface area contributed by atoms with Crippen LogP contribution in [-0.4, -0.2) is 49.4 Å². The van der Waals surface area contributed by atoms with Crippen molar-refractivity contribution in [2.75, 3.05) is 25.7 Å². The molecule has 1 heterocycles. The average molecular weight is 535 g/mol. The lowest BCUT2D eigenvalue weighted by atomic mass is 9.49. The number of imide groups is 1. The molecule has 4 bridgehead atoms. The summed E-state index contributed by atoms with van der Waals surface area (Å²) in [5.74, 6) is 1.73. The van der Waals surface area contributed by atoms with Crippen LogP contribution in [0.4, 0.5) is 10.1 Å². The van der Waals surface area contributed by atoms with Crippen molar-refractivity contribution < 1.29 is 28.2 Å². The van der Waals surface area contributed by atoms with E-state index in [0.29, 0.717) is 47.9 Å². The zero-order valence-electron chi connectivity index (χ0n) is 22.5. The van der Waals surface area contributed by atoms with Crippen molar-refractivity contribution in [3.8, 4) is 11.5 Å². The SMILES string of the molecule is COc1ccc(CCN(C(=O)C23CC4CC(CC(C4)C2)C3)C2CC(=O)N(c3ccc(F)cc3)C2=O)cc1OC. The van der Waals surface area contributed by atoms with Crippen molar-refractivity contribution in [3.05, 3.63) is 53.8 Å². The van der Waals surface area contributed by atoms with Gasteiger partial charge in [0.2, 0.25) is 11.8 Å². The number of carbonyl (C=O) groups excluding carboxylic acids is 3. The Morgan fingerprint density at radius 2 is 1.56 bits per heavy atom. The number of amides is 3. The fourth-order valence-corrected chi connectivity index (χ4v) is 8.08. The smallest absolute Gasteiger partial charge is 0.257 e. The quantitative estimate of drug-likeness (QED) is 0.457. The molecule has 2 aromatic rings. The summed E-state index contributed by atoms with van der Waals surface area (Å²) < 4.78 is 24.4. The summed E-state index contributed by atoms with van der Waals surface area (Å²) in [5.41, 5.74) is 0.831. The molecule has 2 aromatic carbocycles. The molecule has 0 spiro atoms. The molecule has 0 radical (unpaired) electrons. The van der Waals surface area contributed by atoms with E-state index >= 15 is 0 Å². The Balaban J connectivity index is 1.30. The van der Waals surface area contributed by atoms with Gasteiger partial charge in [-0.3, -0.25) is 14.4 Å². The summed E-state index contributed by atoms with van der Waals surface area (Å²) in [6.45, 7) is 0.316. The predicted molar refractivity (Wildman–Crippen MR) is 143 cm³/mol. The lowest BCUT2D eigenvalue weighted by Gasteiger charge is -2.57. The Kier molecular flexibility index (Phi) is 6.60. The highest BCUT2D eigenvalue weighted by Crippen LogP contribution is 2.60. The Hall–Kier alpha value is -3.42. The molecule has 4 aliphatic carbocycles. The third-order valence-corrected chi connectivity index (χ3v) is 9.43. The van der Waals surface area contributed by atoms with Crippen LogP contribution >= 0.6 is 0 Å². The monoisotopic (exact) mass is 534 g/mol. The van der Waals surface area contributed by atoms with Crippen LogP contribution in [-0.2, 0) is 20.8 Å². The number of benzene rings is 2. The van der Waals surface area contributed by atoms with Crippen LogP contribution in [0.5, 0.6) is 11.5 Å². The minimum absolute atomic E-state index is 0.0224. The van der Waals surface area contributed by atoms with Gasteiger partial charge in [0.25, 0.3) is 5.91 Å². The lowest BCUT2D eigenvalue weighted by molar-refractivity contribution is -0.161. The number of ether oxygens (including phenoxy) is 2. The van der Waals surface area contributed by atoms with Crippen molar-refractivity contribution in [2.45, 2.75) is 57.4 Å². The van der Waals surface area contributed by atoms with Crippen LogP contribution in [0.3, 0.4) is 0 Å². The van der Waals surface area contributed by atoms with Gasteiger partial charge < -0.3 is 14.4 Å². The Morgan fingerprint density at radius 1 is 0.949 bits per heavy atom. The Morgan fingerprint density at radius 3 is 2.15 bits per heavy atom. The molecular weight excluding hydrogens is 499 g/mol. The summed E-state index contributed by atoms with van der Waals surface area (Å²) >= 11 is 0. The molecule has 7 rings (SSSR count). The standard InChI is InChI=1S/C31H35FN2O5/c1-38-26-8-3-19(14-27(26)39-2)9-10-33(30(37)31-16-20-11-21(17-31)13-22(12-20)18-31)25-15-28(35)34(29(25)36)24-6-4-23(32)5-7-24/h3-8,14,20-22,25H,9-13,15-18H2,1-2H3. The van der Waals surface area contributed by atoms with Crippen molar-refractivity contribution in [3.63, 3.8) is 0 Å². The molecule has 1 aliphatic heterocycles. The maximum absolute atomic E-state index is 14.5. The highest BCUT2D eigenvalue weighted by molar-refractivity contribution is 6.23. The molecule has 7 nitrogen and oxygen atoms in total. The molecule has 5 aliphatic rings. The molecule has 0 N–H and O–H groups in total. The van der Waals surface area contributed by atoms with E-state index in [9.17, 15) is 18.8 Å².